The fraction of sp³-hybridized carbons (Fsp3) is 0.269. The molecule has 0 aromatic heterocycles. The van der Waals surface area contributed by atoms with Gasteiger partial charge >= 0.3 is 0 Å². The molecule has 0 fully saturated rings. The quantitative estimate of drug-likeness (QED) is 0.525. The minimum absolute atomic E-state index is 0.151. The molecule has 0 unspecified atom stereocenters. The molecule has 0 atom stereocenters. The molecule has 30 heavy (non-hydrogen) atoms. The molecule has 0 heterocycles. The molecule has 0 saturated heterocycles. The van der Waals surface area contributed by atoms with Crippen molar-refractivity contribution in [3.63, 3.8) is 0 Å². The van der Waals surface area contributed by atoms with E-state index in [0.717, 1.165) is 40.1 Å². The molecular weight excluding hydrogens is 374 g/mol. The third-order valence-electron chi connectivity index (χ3n) is 5.34. The largest absolute Gasteiger partial charge is 0.496 e. The van der Waals surface area contributed by atoms with Crippen LogP contribution in [0.15, 0.2) is 54.6 Å². The van der Waals surface area contributed by atoms with E-state index in [-0.39, 0.29) is 5.91 Å². The molecule has 3 rings (SSSR count). The minimum atomic E-state index is -0.151. The second-order valence-corrected chi connectivity index (χ2v) is 7.49. The average molecular weight is 404 g/mol. The summed E-state index contributed by atoms with van der Waals surface area (Å²) in [6.07, 6.45) is 0.855. The summed E-state index contributed by atoms with van der Waals surface area (Å²) in [5.74, 6) is 1.39. The highest BCUT2D eigenvalue weighted by Gasteiger charge is 2.13. The summed E-state index contributed by atoms with van der Waals surface area (Å²) in [7, 11) is 1.62. The summed E-state index contributed by atoms with van der Waals surface area (Å²) >= 11 is 0. The van der Waals surface area contributed by atoms with Crippen molar-refractivity contribution in [1.82, 2.24) is 0 Å². The summed E-state index contributed by atoms with van der Waals surface area (Å²) in [5, 5.41) is 3.02. The van der Waals surface area contributed by atoms with Crippen molar-refractivity contribution in [3.8, 4) is 11.5 Å². The SMILES string of the molecule is CCc1ccccc1NC(=O)c1ccc(OC)c(COc2cc(C)cc(C)c2C)c1. The van der Waals surface area contributed by atoms with Crippen LogP contribution in [-0.4, -0.2) is 13.0 Å². The van der Waals surface area contributed by atoms with Crippen molar-refractivity contribution in [1.29, 1.82) is 0 Å². The molecule has 1 amide bonds. The first-order valence-corrected chi connectivity index (χ1v) is 10.2. The Hall–Kier alpha value is -3.27. The standard InChI is InChI=1S/C26H29NO3/c1-6-20-9-7-8-10-23(20)27-26(28)21-11-12-24(29-5)22(15-21)16-30-25-14-17(2)13-18(3)19(25)4/h7-15H,6,16H2,1-5H3,(H,27,28). The van der Waals surface area contributed by atoms with Gasteiger partial charge in [0, 0.05) is 16.8 Å². The van der Waals surface area contributed by atoms with Gasteiger partial charge in [0.25, 0.3) is 5.91 Å². The van der Waals surface area contributed by atoms with E-state index in [1.165, 1.54) is 5.56 Å². The van der Waals surface area contributed by atoms with Crippen molar-refractivity contribution in [3.05, 3.63) is 88.0 Å². The minimum Gasteiger partial charge on any atom is -0.496 e. The lowest BCUT2D eigenvalue weighted by molar-refractivity contribution is 0.102. The maximum absolute atomic E-state index is 12.9. The van der Waals surface area contributed by atoms with E-state index in [1.807, 2.05) is 42.5 Å². The molecule has 0 aliphatic rings. The van der Waals surface area contributed by atoms with E-state index >= 15 is 0 Å². The molecule has 0 aliphatic carbocycles. The number of ether oxygens (including phenoxy) is 2. The fourth-order valence-corrected chi connectivity index (χ4v) is 3.48. The first-order chi connectivity index (χ1) is 14.4. The highest BCUT2D eigenvalue weighted by molar-refractivity contribution is 6.04. The maximum atomic E-state index is 12.9. The van der Waals surface area contributed by atoms with Gasteiger partial charge in [-0.25, -0.2) is 0 Å². The lowest BCUT2D eigenvalue weighted by Crippen LogP contribution is -2.14. The first-order valence-electron chi connectivity index (χ1n) is 10.2. The Labute approximate surface area is 178 Å². The molecule has 0 radical (unpaired) electrons. The summed E-state index contributed by atoms with van der Waals surface area (Å²) < 4.78 is 11.6. The van der Waals surface area contributed by atoms with Crippen LogP contribution in [0.25, 0.3) is 0 Å². The van der Waals surface area contributed by atoms with Gasteiger partial charge in [-0.15, -0.1) is 0 Å². The second-order valence-electron chi connectivity index (χ2n) is 7.49. The van der Waals surface area contributed by atoms with Crippen molar-refractivity contribution < 1.29 is 14.3 Å². The number of aryl methyl sites for hydroxylation is 3. The molecule has 156 valence electrons. The molecule has 3 aromatic rings. The number of benzene rings is 3. The Kier molecular flexibility index (Phi) is 6.78. The summed E-state index contributed by atoms with van der Waals surface area (Å²) in [5.41, 5.74) is 6.80. The van der Waals surface area contributed by atoms with Crippen LogP contribution in [0.2, 0.25) is 0 Å². The van der Waals surface area contributed by atoms with Gasteiger partial charge in [-0.2, -0.15) is 0 Å². The zero-order valence-corrected chi connectivity index (χ0v) is 18.3. The number of methoxy groups -OCH3 is 1. The van der Waals surface area contributed by atoms with Crippen LogP contribution >= 0.6 is 0 Å². The smallest absolute Gasteiger partial charge is 0.255 e. The van der Waals surface area contributed by atoms with Gasteiger partial charge in [0.15, 0.2) is 0 Å². The van der Waals surface area contributed by atoms with Crippen LogP contribution in [0.5, 0.6) is 11.5 Å². The van der Waals surface area contributed by atoms with Crippen LogP contribution in [0, 0.1) is 20.8 Å². The fourth-order valence-electron chi connectivity index (χ4n) is 3.48. The lowest BCUT2D eigenvalue weighted by Gasteiger charge is -2.15. The van der Waals surface area contributed by atoms with Crippen LogP contribution in [0.4, 0.5) is 5.69 Å². The molecule has 0 bridgehead atoms. The molecule has 0 spiro atoms. The van der Waals surface area contributed by atoms with E-state index in [4.69, 9.17) is 9.47 Å². The Morgan fingerprint density at radius 3 is 2.43 bits per heavy atom. The molecule has 1 N–H and O–H groups in total. The van der Waals surface area contributed by atoms with Gasteiger partial charge in [0.2, 0.25) is 0 Å². The van der Waals surface area contributed by atoms with Crippen LogP contribution in [0.1, 0.15) is 45.1 Å². The third-order valence-corrected chi connectivity index (χ3v) is 5.34. The number of rotatable bonds is 7. The van der Waals surface area contributed by atoms with Crippen molar-refractivity contribution in [2.75, 3.05) is 12.4 Å². The van der Waals surface area contributed by atoms with Crippen LogP contribution in [0.3, 0.4) is 0 Å². The van der Waals surface area contributed by atoms with E-state index in [2.05, 4.69) is 39.1 Å². The number of carbonyl (C=O) groups is 1. The zero-order valence-electron chi connectivity index (χ0n) is 18.3. The maximum Gasteiger partial charge on any atom is 0.255 e. The van der Waals surface area contributed by atoms with Crippen LogP contribution < -0.4 is 14.8 Å². The highest BCUT2D eigenvalue weighted by Crippen LogP contribution is 2.27. The highest BCUT2D eigenvalue weighted by atomic mass is 16.5. The van der Waals surface area contributed by atoms with Crippen molar-refractivity contribution in [2.24, 2.45) is 0 Å². The predicted octanol–water partition coefficient (Wildman–Crippen LogP) is 6.01. The van der Waals surface area contributed by atoms with Gasteiger partial charge in [-0.05, 0) is 79.8 Å². The summed E-state index contributed by atoms with van der Waals surface area (Å²) in [6, 6.07) is 17.4. The number of nitrogens with one attached hydrogen (secondary N) is 1. The molecule has 0 aliphatic heterocycles. The number of hydrogen-bond acceptors (Lipinski definition) is 3. The third kappa shape index (κ3) is 4.82. The molecular formula is C26H29NO3. The summed E-state index contributed by atoms with van der Waals surface area (Å²) in [4.78, 5) is 12.9. The average Bonchev–Trinajstić information content (AvgIpc) is 2.75. The molecule has 0 saturated carbocycles. The van der Waals surface area contributed by atoms with E-state index in [0.29, 0.717) is 17.9 Å². The first kappa shape index (κ1) is 21.4. The Balaban J connectivity index is 1.82. The van der Waals surface area contributed by atoms with Gasteiger partial charge in [-0.3, -0.25) is 4.79 Å². The number of amides is 1. The normalized spacial score (nSPS) is 10.6. The number of hydrogen-bond donors (Lipinski definition) is 1. The lowest BCUT2D eigenvalue weighted by atomic mass is 10.1. The van der Waals surface area contributed by atoms with E-state index in [1.54, 1.807) is 13.2 Å². The number of anilines is 1. The van der Waals surface area contributed by atoms with Gasteiger partial charge < -0.3 is 14.8 Å². The number of carbonyl (C=O) groups excluding carboxylic acids is 1. The molecule has 4 nitrogen and oxygen atoms in total. The Bertz CT molecular complexity index is 1060. The Morgan fingerprint density at radius 1 is 0.933 bits per heavy atom. The van der Waals surface area contributed by atoms with E-state index < -0.39 is 0 Å². The topological polar surface area (TPSA) is 47.6 Å². The predicted molar refractivity (Wildman–Crippen MR) is 122 cm³/mol. The summed E-state index contributed by atoms with van der Waals surface area (Å²) in [6.45, 7) is 8.58. The molecule has 3 aromatic carbocycles. The monoisotopic (exact) mass is 403 g/mol. The number of para-hydroxylation sites is 1. The van der Waals surface area contributed by atoms with Gasteiger partial charge in [0.1, 0.15) is 18.1 Å². The molecule has 4 heteroatoms. The zero-order chi connectivity index (χ0) is 21.7. The van der Waals surface area contributed by atoms with Crippen LogP contribution in [-0.2, 0) is 13.0 Å². The second kappa shape index (κ2) is 9.49. The van der Waals surface area contributed by atoms with Crippen molar-refractivity contribution >= 4 is 11.6 Å². The Morgan fingerprint density at radius 2 is 1.70 bits per heavy atom. The van der Waals surface area contributed by atoms with Gasteiger partial charge in [0.05, 0.1) is 7.11 Å². The van der Waals surface area contributed by atoms with Crippen molar-refractivity contribution in [2.45, 2.75) is 40.7 Å². The van der Waals surface area contributed by atoms with E-state index in [9.17, 15) is 4.79 Å². The van der Waals surface area contributed by atoms with Gasteiger partial charge in [-0.1, -0.05) is 31.2 Å².